The smallest absolute Gasteiger partial charge is 0.350 e. The van der Waals surface area contributed by atoms with Crippen LogP contribution in [-0.2, 0) is 11.0 Å². The van der Waals surface area contributed by atoms with Gasteiger partial charge in [0, 0.05) is 31.0 Å². The maximum absolute atomic E-state index is 12.7. The van der Waals surface area contributed by atoms with E-state index in [-0.39, 0.29) is 29.9 Å². The van der Waals surface area contributed by atoms with Gasteiger partial charge >= 0.3 is 6.18 Å². The summed E-state index contributed by atoms with van der Waals surface area (Å²) in [4.78, 5) is 19.9. The van der Waals surface area contributed by atoms with Crippen LogP contribution in [0.3, 0.4) is 0 Å². The molecule has 1 heterocycles. The number of anilines is 1. The number of carbonyl (C=O) groups is 1. The van der Waals surface area contributed by atoms with Crippen LogP contribution < -0.4 is 5.32 Å². The highest BCUT2D eigenvalue weighted by Crippen LogP contribution is 2.57. The number of carbonyl (C=O) groups excluding carboxylic acids is 1. The third-order valence-corrected chi connectivity index (χ3v) is 8.70. The van der Waals surface area contributed by atoms with E-state index in [2.05, 4.69) is 10.2 Å². The highest BCUT2D eigenvalue weighted by Gasteiger charge is 2.51. The molecule has 4 aliphatic carbocycles. The molecular weight excluding hydrogens is 459 g/mol. The molecule has 6 rings (SSSR count). The van der Waals surface area contributed by atoms with Crippen molar-refractivity contribution in [2.45, 2.75) is 62.7 Å². The molecule has 4 saturated carbocycles. The molecule has 1 atom stereocenters. The number of halogens is 4. The fourth-order valence-corrected chi connectivity index (χ4v) is 7.71. The molecule has 0 spiro atoms. The van der Waals surface area contributed by atoms with Crippen LogP contribution in [0.2, 0.25) is 0 Å². The van der Waals surface area contributed by atoms with Gasteiger partial charge in [0.1, 0.15) is 0 Å². The van der Waals surface area contributed by atoms with Gasteiger partial charge in [-0.1, -0.05) is 11.8 Å². The van der Waals surface area contributed by atoms with Gasteiger partial charge in [-0.05, 0) is 80.5 Å². The number of amides is 1. The topological polar surface area (TPSA) is 44.7 Å². The predicted molar refractivity (Wildman–Crippen MR) is 124 cm³/mol. The number of thioether (sulfide) groups is 1. The van der Waals surface area contributed by atoms with E-state index in [0.717, 1.165) is 40.8 Å². The van der Waals surface area contributed by atoms with Gasteiger partial charge in [-0.3, -0.25) is 9.79 Å². The van der Waals surface area contributed by atoms with Gasteiger partial charge in [-0.2, -0.15) is 13.2 Å². The fraction of sp³-hybridized carbons (Fsp3) is 0.652. The first-order chi connectivity index (χ1) is 14.7. The van der Waals surface area contributed by atoms with Crippen LogP contribution in [0.5, 0.6) is 0 Å². The Kier molecular flexibility index (Phi) is 6.49. The summed E-state index contributed by atoms with van der Waals surface area (Å²) in [6.07, 6.45) is 3.74. The molecular formula is C23H29ClF3N3OS. The van der Waals surface area contributed by atoms with Crippen LogP contribution in [-0.4, -0.2) is 40.4 Å². The Morgan fingerprint density at radius 1 is 1.12 bits per heavy atom. The van der Waals surface area contributed by atoms with Crippen molar-refractivity contribution < 1.29 is 18.0 Å². The Balaban J connectivity index is 0.00000245. The van der Waals surface area contributed by atoms with E-state index in [1.165, 1.54) is 50.7 Å². The van der Waals surface area contributed by atoms with Gasteiger partial charge in [0.05, 0.1) is 11.1 Å². The average molecular weight is 488 g/mol. The van der Waals surface area contributed by atoms with Gasteiger partial charge < -0.3 is 10.2 Å². The fourth-order valence-electron chi connectivity index (χ4n) is 6.42. The summed E-state index contributed by atoms with van der Waals surface area (Å²) in [7, 11) is 2.01. The minimum Gasteiger partial charge on any atom is -0.350 e. The highest BCUT2D eigenvalue weighted by molar-refractivity contribution is 8.14. The second-order valence-corrected chi connectivity index (χ2v) is 10.9. The van der Waals surface area contributed by atoms with Crippen molar-refractivity contribution in [1.29, 1.82) is 0 Å². The molecule has 4 bridgehead atoms. The van der Waals surface area contributed by atoms with E-state index < -0.39 is 11.7 Å². The van der Waals surface area contributed by atoms with E-state index >= 15 is 0 Å². The number of hydrogen-bond donors (Lipinski definition) is 1. The van der Waals surface area contributed by atoms with Crippen LogP contribution in [0.15, 0.2) is 29.3 Å². The van der Waals surface area contributed by atoms with Crippen LogP contribution in [0.1, 0.15) is 50.5 Å². The molecule has 1 unspecified atom stereocenters. The number of amidine groups is 1. The zero-order chi connectivity index (χ0) is 21.8. The van der Waals surface area contributed by atoms with Gasteiger partial charge in [0.15, 0.2) is 5.17 Å². The molecule has 9 heteroatoms. The molecule has 1 saturated heterocycles. The van der Waals surface area contributed by atoms with Crippen LogP contribution in [0.4, 0.5) is 18.9 Å². The molecule has 32 heavy (non-hydrogen) atoms. The third kappa shape index (κ3) is 4.76. The van der Waals surface area contributed by atoms with E-state index in [1.54, 1.807) is 11.8 Å². The van der Waals surface area contributed by atoms with Crippen molar-refractivity contribution in [3.8, 4) is 0 Å². The summed E-state index contributed by atoms with van der Waals surface area (Å²) in [6.45, 7) is 0. The molecule has 176 valence electrons. The second kappa shape index (κ2) is 8.75. The molecule has 0 radical (unpaired) electrons. The Bertz CT molecular complexity index is 854. The largest absolute Gasteiger partial charge is 0.416 e. The average Bonchev–Trinajstić information content (AvgIpc) is 2.99. The lowest BCUT2D eigenvalue weighted by Gasteiger charge is -2.55. The molecule has 4 nitrogen and oxygen atoms in total. The first-order valence-electron chi connectivity index (χ1n) is 11.1. The van der Waals surface area contributed by atoms with Crippen LogP contribution in [0.25, 0.3) is 0 Å². The molecule has 5 aliphatic rings. The lowest BCUT2D eigenvalue weighted by Crippen LogP contribution is -2.50. The summed E-state index contributed by atoms with van der Waals surface area (Å²) in [5.41, 5.74) is -0.223. The van der Waals surface area contributed by atoms with E-state index in [9.17, 15) is 18.0 Å². The second-order valence-electron chi connectivity index (χ2n) is 9.94. The quantitative estimate of drug-likeness (QED) is 0.581. The van der Waals surface area contributed by atoms with Crippen molar-refractivity contribution in [3.63, 3.8) is 0 Å². The lowest BCUT2D eigenvalue weighted by atomic mass is 9.53. The number of benzene rings is 1. The normalized spacial score (nSPS) is 34.6. The Hall–Kier alpha value is -1.41. The highest BCUT2D eigenvalue weighted by atomic mass is 35.5. The number of hydrogen-bond acceptors (Lipinski definition) is 3. The summed E-state index contributed by atoms with van der Waals surface area (Å²) in [6, 6.07) is 4.63. The third-order valence-electron chi connectivity index (χ3n) is 7.51. The maximum atomic E-state index is 12.7. The van der Waals surface area contributed by atoms with Gasteiger partial charge in [-0.15, -0.1) is 12.4 Å². The molecule has 0 aromatic heterocycles. The van der Waals surface area contributed by atoms with Crippen molar-refractivity contribution in [2.24, 2.45) is 22.7 Å². The molecule has 1 N–H and O–H groups in total. The summed E-state index contributed by atoms with van der Waals surface area (Å²) in [5.74, 6) is 3.16. The summed E-state index contributed by atoms with van der Waals surface area (Å²) in [5, 5.41) is 3.78. The van der Waals surface area contributed by atoms with Crippen molar-refractivity contribution in [1.82, 2.24) is 4.90 Å². The van der Waals surface area contributed by atoms with Crippen molar-refractivity contribution in [2.75, 3.05) is 18.1 Å². The Labute approximate surface area is 197 Å². The molecule has 5 fully saturated rings. The Morgan fingerprint density at radius 2 is 1.69 bits per heavy atom. The number of alkyl halides is 3. The van der Waals surface area contributed by atoms with E-state index in [1.807, 2.05) is 7.05 Å². The minimum atomic E-state index is -4.38. The maximum Gasteiger partial charge on any atom is 0.416 e. The first kappa shape index (κ1) is 23.7. The van der Waals surface area contributed by atoms with Gasteiger partial charge in [0.25, 0.3) is 0 Å². The lowest BCUT2D eigenvalue weighted by molar-refractivity contribution is -0.137. The van der Waals surface area contributed by atoms with Crippen molar-refractivity contribution >= 4 is 40.9 Å². The predicted octanol–water partition coefficient (Wildman–Crippen LogP) is 5.83. The van der Waals surface area contributed by atoms with E-state index in [4.69, 9.17) is 4.99 Å². The molecule has 1 aromatic carbocycles. The van der Waals surface area contributed by atoms with Gasteiger partial charge in [0.2, 0.25) is 5.91 Å². The van der Waals surface area contributed by atoms with Crippen molar-refractivity contribution in [3.05, 3.63) is 29.8 Å². The zero-order valence-corrected chi connectivity index (χ0v) is 19.7. The summed E-state index contributed by atoms with van der Waals surface area (Å²) < 4.78 is 38.1. The molecule has 1 amide bonds. The number of rotatable bonds is 4. The van der Waals surface area contributed by atoms with Gasteiger partial charge in [-0.25, -0.2) is 0 Å². The van der Waals surface area contributed by atoms with Crippen LogP contribution in [0, 0.1) is 17.8 Å². The minimum absolute atomic E-state index is 0. The SMILES string of the molecule is CN1/C(=N/C23CC4CC(CC(C4)C2)C3)SCC1CC(=O)Nc1ccc(C(F)(F)F)cc1.Cl. The number of nitrogens with zero attached hydrogens (tertiary/aromatic N) is 2. The Morgan fingerprint density at radius 3 is 2.22 bits per heavy atom. The summed E-state index contributed by atoms with van der Waals surface area (Å²) >= 11 is 1.73. The zero-order valence-electron chi connectivity index (χ0n) is 18.0. The van der Waals surface area contributed by atoms with Crippen LogP contribution >= 0.6 is 24.2 Å². The standard InChI is InChI=1S/C23H28F3N3OS.ClH/c1-29-19(9-20(30)27-18-4-2-17(3-5-18)23(24,25)26)13-31-21(29)28-22-10-14-6-15(11-22)8-16(7-14)12-22;/h2-5,14-16,19H,6-13H2,1H3,(H,27,30);1H/b28-21-;. The number of nitrogens with one attached hydrogen (secondary N) is 1. The number of aliphatic imine (C=N–C) groups is 1. The monoisotopic (exact) mass is 487 g/mol. The first-order valence-corrected chi connectivity index (χ1v) is 12.1. The molecule has 1 aromatic rings. The molecule has 1 aliphatic heterocycles. The van der Waals surface area contributed by atoms with E-state index in [0.29, 0.717) is 12.1 Å².